The summed E-state index contributed by atoms with van der Waals surface area (Å²) in [6, 6.07) is 10.3. The Kier molecular flexibility index (Phi) is 3.66. The maximum atomic E-state index is 4.45. The van der Waals surface area contributed by atoms with E-state index < -0.39 is 0 Å². The molecule has 3 rings (SSSR count). The van der Waals surface area contributed by atoms with Crippen molar-refractivity contribution in [3.63, 3.8) is 0 Å². The van der Waals surface area contributed by atoms with Crippen LogP contribution < -0.4 is 10.2 Å². The number of anilines is 2. The number of hydrogen-bond donors (Lipinski definition) is 2. The second-order valence-electron chi connectivity index (χ2n) is 4.71. The molecule has 0 aliphatic carbocycles. The number of aromatic nitrogens is 4. The summed E-state index contributed by atoms with van der Waals surface area (Å²) in [6.07, 6.45) is 0. The Morgan fingerprint density at radius 2 is 1.95 bits per heavy atom. The third kappa shape index (κ3) is 2.92. The van der Waals surface area contributed by atoms with Crippen molar-refractivity contribution >= 4 is 34.6 Å². The van der Waals surface area contributed by atoms with Crippen LogP contribution in [0.2, 0.25) is 0 Å². The van der Waals surface area contributed by atoms with E-state index in [1.807, 2.05) is 31.1 Å². The lowest BCUT2D eigenvalue weighted by molar-refractivity contribution is 0.869. The Balaban J connectivity index is 1.94. The molecule has 0 fully saturated rings. The van der Waals surface area contributed by atoms with Gasteiger partial charge < -0.3 is 15.2 Å². The first kappa shape index (κ1) is 13.7. The van der Waals surface area contributed by atoms with Gasteiger partial charge in [0.25, 0.3) is 0 Å². The van der Waals surface area contributed by atoms with Crippen LogP contribution in [-0.2, 0) is 0 Å². The van der Waals surface area contributed by atoms with Crippen molar-refractivity contribution in [2.24, 2.45) is 0 Å². The largest absolute Gasteiger partial charge is 0.357 e. The summed E-state index contributed by atoms with van der Waals surface area (Å²) in [5.41, 5.74) is 1.11. The summed E-state index contributed by atoms with van der Waals surface area (Å²) in [7, 11) is 5.62. The molecular formula is C14H16N6S. The normalized spacial score (nSPS) is 10.8. The van der Waals surface area contributed by atoms with Gasteiger partial charge in [0, 0.05) is 32.0 Å². The van der Waals surface area contributed by atoms with Crippen molar-refractivity contribution in [1.82, 2.24) is 19.9 Å². The highest BCUT2D eigenvalue weighted by atomic mass is 32.2. The molecule has 1 aromatic carbocycles. The number of hydrogen-bond acceptors (Lipinski definition) is 6. The lowest BCUT2D eigenvalue weighted by Crippen LogP contribution is -2.15. The highest BCUT2D eigenvalue weighted by molar-refractivity contribution is 7.99. The molecule has 0 unspecified atom stereocenters. The van der Waals surface area contributed by atoms with Crippen molar-refractivity contribution in [3.8, 4) is 0 Å². The lowest BCUT2D eigenvalue weighted by atomic mass is 10.3. The number of rotatable bonds is 4. The highest BCUT2D eigenvalue weighted by Crippen LogP contribution is 2.28. The van der Waals surface area contributed by atoms with Crippen LogP contribution in [0, 0.1) is 0 Å². The molecule has 3 aromatic rings. The van der Waals surface area contributed by atoms with Crippen molar-refractivity contribution in [2.45, 2.75) is 10.2 Å². The van der Waals surface area contributed by atoms with Crippen LogP contribution in [0.25, 0.3) is 10.9 Å². The molecule has 0 radical (unpaired) electrons. The number of benzene rings is 1. The van der Waals surface area contributed by atoms with Crippen LogP contribution in [0.3, 0.4) is 0 Å². The second-order valence-corrected chi connectivity index (χ2v) is 5.72. The van der Waals surface area contributed by atoms with Gasteiger partial charge in [0.05, 0.1) is 5.03 Å². The van der Waals surface area contributed by atoms with Gasteiger partial charge in [-0.1, -0.05) is 18.2 Å². The van der Waals surface area contributed by atoms with E-state index in [1.165, 1.54) is 17.1 Å². The third-order valence-corrected chi connectivity index (χ3v) is 3.74. The maximum absolute atomic E-state index is 4.45. The van der Waals surface area contributed by atoms with Crippen molar-refractivity contribution < 1.29 is 0 Å². The van der Waals surface area contributed by atoms with Gasteiger partial charge in [-0.15, -0.1) is 0 Å². The van der Waals surface area contributed by atoms with Gasteiger partial charge in [-0.3, -0.25) is 0 Å². The predicted octanol–water partition coefficient (Wildman–Crippen LogP) is 2.61. The van der Waals surface area contributed by atoms with E-state index in [1.54, 1.807) is 7.05 Å². The van der Waals surface area contributed by atoms with Crippen molar-refractivity contribution in [1.29, 1.82) is 0 Å². The van der Waals surface area contributed by atoms with E-state index in [9.17, 15) is 0 Å². The van der Waals surface area contributed by atoms with Gasteiger partial charge in [0.15, 0.2) is 0 Å². The lowest BCUT2D eigenvalue weighted by Gasteiger charge is -2.11. The molecule has 0 saturated heterocycles. The van der Waals surface area contributed by atoms with Crippen LogP contribution in [0.15, 0.2) is 40.5 Å². The molecule has 7 heteroatoms. The zero-order valence-electron chi connectivity index (χ0n) is 12.1. The SMILES string of the molecule is CNc1nc(Sc2cc3ccccc3[nH]2)nc(N(C)C)n1. The molecular weight excluding hydrogens is 284 g/mol. The van der Waals surface area contributed by atoms with Crippen LogP contribution in [0.4, 0.5) is 11.9 Å². The smallest absolute Gasteiger partial charge is 0.230 e. The van der Waals surface area contributed by atoms with E-state index >= 15 is 0 Å². The monoisotopic (exact) mass is 300 g/mol. The number of nitrogens with one attached hydrogen (secondary N) is 2. The first-order valence-electron chi connectivity index (χ1n) is 6.52. The molecule has 21 heavy (non-hydrogen) atoms. The van der Waals surface area contributed by atoms with Gasteiger partial charge >= 0.3 is 0 Å². The van der Waals surface area contributed by atoms with Gasteiger partial charge in [-0.2, -0.15) is 15.0 Å². The molecule has 2 aromatic heterocycles. The second kappa shape index (κ2) is 5.61. The Hall–Kier alpha value is -2.28. The molecule has 108 valence electrons. The average molecular weight is 300 g/mol. The molecule has 2 N–H and O–H groups in total. The molecule has 0 amide bonds. The first-order chi connectivity index (χ1) is 10.2. The molecule has 2 heterocycles. The average Bonchev–Trinajstić information content (AvgIpc) is 2.88. The van der Waals surface area contributed by atoms with Gasteiger partial charge in [0.2, 0.25) is 17.1 Å². The van der Waals surface area contributed by atoms with Crippen LogP contribution in [0.5, 0.6) is 0 Å². The van der Waals surface area contributed by atoms with E-state index in [0.717, 1.165) is 10.5 Å². The van der Waals surface area contributed by atoms with E-state index in [-0.39, 0.29) is 0 Å². The van der Waals surface area contributed by atoms with Gasteiger partial charge in [0.1, 0.15) is 0 Å². The van der Waals surface area contributed by atoms with Crippen molar-refractivity contribution in [3.05, 3.63) is 30.3 Å². The minimum Gasteiger partial charge on any atom is -0.357 e. The Bertz CT molecular complexity index is 734. The minimum atomic E-state index is 0.562. The van der Waals surface area contributed by atoms with E-state index in [2.05, 4.69) is 43.5 Å². The molecule has 6 nitrogen and oxygen atoms in total. The zero-order chi connectivity index (χ0) is 14.8. The summed E-state index contributed by atoms with van der Waals surface area (Å²) in [5, 5.41) is 5.80. The fourth-order valence-electron chi connectivity index (χ4n) is 1.90. The summed E-state index contributed by atoms with van der Waals surface area (Å²) in [5.74, 6) is 1.19. The Morgan fingerprint density at radius 1 is 1.14 bits per heavy atom. The summed E-state index contributed by atoms with van der Waals surface area (Å²) >= 11 is 1.49. The fourth-order valence-corrected chi connectivity index (χ4v) is 2.71. The molecule has 0 spiro atoms. The van der Waals surface area contributed by atoms with Crippen LogP contribution >= 0.6 is 11.8 Å². The van der Waals surface area contributed by atoms with Crippen LogP contribution in [0.1, 0.15) is 0 Å². The topological polar surface area (TPSA) is 69.7 Å². The predicted molar refractivity (Wildman–Crippen MR) is 86.1 cm³/mol. The Morgan fingerprint density at radius 3 is 2.67 bits per heavy atom. The zero-order valence-corrected chi connectivity index (χ0v) is 12.9. The van der Waals surface area contributed by atoms with Gasteiger partial charge in [-0.05, 0) is 23.9 Å². The number of fused-ring (bicyclic) bond motifs is 1. The summed E-state index contributed by atoms with van der Waals surface area (Å²) < 4.78 is 0. The fraction of sp³-hybridized carbons (Fsp3) is 0.214. The number of para-hydroxylation sites is 1. The highest BCUT2D eigenvalue weighted by Gasteiger charge is 2.10. The maximum Gasteiger partial charge on any atom is 0.230 e. The standard InChI is InChI=1S/C14H16N6S/c1-15-12-17-13(20(2)3)19-14(18-12)21-11-8-9-6-4-5-7-10(9)16-11/h4-8,16H,1-3H3,(H,15,17,18,19). The molecule has 0 aliphatic heterocycles. The summed E-state index contributed by atoms with van der Waals surface area (Å²) in [4.78, 5) is 18.4. The number of aromatic amines is 1. The van der Waals surface area contributed by atoms with E-state index in [4.69, 9.17) is 0 Å². The molecule has 0 atom stereocenters. The Labute approximate surface area is 127 Å². The van der Waals surface area contributed by atoms with Crippen LogP contribution in [-0.4, -0.2) is 41.1 Å². The number of H-pyrrole nitrogens is 1. The third-order valence-electron chi connectivity index (χ3n) is 2.93. The molecule has 0 saturated carbocycles. The van der Waals surface area contributed by atoms with E-state index in [0.29, 0.717) is 17.1 Å². The first-order valence-corrected chi connectivity index (χ1v) is 7.34. The van der Waals surface area contributed by atoms with Gasteiger partial charge in [-0.25, -0.2) is 0 Å². The van der Waals surface area contributed by atoms with Crippen molar-refractivity contribution in [2.75, 3.05) is 31.4 Å². The quantitative estimate of drug-likeness (QED) is 0.772. The molecule has 0 aliphatic rings. The molecule has 0 bridgehead atoms. The number of nitrogens with zero attached hydrogens (tertiary/aromatic N) is 4. The summed E-state index contributed by atoms with van der Waals surface area (Å²) in [6.45, 7) is 0. The minimum absolute atomic E-state index is 0.562.